The van der Waals surface area contributed by atoms with Crippen molar-refractivity contribution < 1.29 is 4.57 Å². The molecule has 1 saturated carbocycles. The maximum atomic E-state index is 2.62. The van der Waals surface area contributed by atoms with Crippen molar-refractivity contribution in [2.75, 3.05) is 0 Å². The highest BCUT2D eigenvalue weighted by molar-refractivity contribution is 5.82. The Hall–Kier alpha value is -2.87. The van der Waals surface area contributed by atoms with Gasteiger partial charge in [-0.2, -0.15) is 0 Å². The molecular weight excluding hydrogens is 340 g/mol. The zero-order valence-electron chi connectivity index (χ0n) is 16.7. The molecule has 0 aliphatic heterocycles. The van der Waals surface area contributed by atoms with Crippen molar-refractivity contribution in [2.45, 2.75) is 38.6 Å². The van der Waals surface area contributed by atoms with E-state index in [1.807, 2.05) is 0 Å². The molecule has 4 aromatic rings. The lowest BCUT2D eigenvalue weighted by Gasteiger charge is -2.11. The third-order valence-corrected chi connectivity index (χ3v) is 6.33. The smallest absolute Gasteiger partial charge is 0.226 e. The fourth-order valence-electron chi connectivity index (χ4n) is 4.86. The average Bonchev–Trinajstić information content (AvgIpc) is 3.35. The maximum absolute atomic E-state index is 2.62. The molecule has 1 heterocycles. The number of imidazole rings is 1. The van der Waals surface area contributed by atoms with Crippen molar-refractivity contribution in [3.05, 3.63) is 78.4 Å². The molecule has 0 unspecified atom stereocenters. The second-order valence-electron chi connectivity index (χ2n) is 8.08. The van der Waals surface area contributed by atoms with Gasteiger partial charge in [0.15, 0.2) is 11.0 Å². The number of nitrogens with zero attached hydrogens (tertiary/aromatic N) is 2. The van der Waals surface area contributed by atoms with E-state index in [2.05, 4.69) is 95.9 Å². The SMILES string of the molecule is Cc1ccccc1-c1n(C2CCCC2)c2ccc(-c3ccccc3)cc2[n+]1C. The van der Waals surface area contributed by atoms with Gasteiger partial charge in [0.05, 0.1) is 12.6 Å². The van der Waals surface area contributed by atoms with Gasteiger partial charge in [-0.25, -0.2) is 9.13 Å². The number of hydrogen-bond acceptors (Lipinski definition) is 0. The van der Waals surface area contributed by atoms with Crippen LogP contribution in [-0.4, -0.2) is 4.57 Å². The first-order valence-corrected chi connectivity index (χ1v) is 10.4. The molecule has 3 aromatic carbocycles. The van der Waals surface area contributed by atoms with Crippen LogP contribution in [0.25, 0.3) is 33.5 Å². The summed E-state index contributed by atoms with van der Waals surface area (Å²) >= 11 is 0. The Morgan fingerprint density at radius 3 is 2.29 bits per heavy atom. The van der Waals surface area contributed by atoms with Crippen molar-refractivity contribution in [3.8, 4) is 22.5 Å². The van der Waals surface area contributed by atoms with E-state index in [1.54, 1.807) is 0 Å². The van der Waals surface area contributed by atoms with E-state index < -0.39 is 0 Å². The van der Waals surface area contributed by atoms with Crippen LogP contribution in [-0.2, 0) is 7.05 Å². The van der Waals surface area contributed by atoms with Gasteiger partial charge >= 0.3 is 0 Å². The second-order valence-corrected chi connectivity index (χ2v) is 8.08. The van der Waals surface area contributed by atoms with E-state index in [0.29, 0.717) is 6.04 Å². The van der Waals surface area contributed by atoms with Crippen LogP contribution in [0.4, 0.5) is 0 Å². The van der Waals surface area contributed by atoms with Crippen molar-refractivity contribution in [1.29, 1.82) is 0 Å². The molecule has 1 aromatic heterocycles. The fourth-order valence-corrected chi connectivity index (χ4v) is 4.86. The Labute approximate surface area is 167 Å². The van der Waals surface area contributed by atoms with Crippen LogP contribution < -0.4 is 4.57 Å². The number of aromatic nitrogens is 2. The highest BCUT2D eigenvalue weighted by atomic mass is 15.2. The quantitative estimate of drug-likeness (QED) is 0.380. The van der Waals surface area contributed by atoms with E-state index in [-0.39, 0.29) is 0 Å². The number of hydrogen-bond donors (Lipinski definition) is 0. The molecule has 28 heavy (non-hydrogen) atoms. The molecule has 2 nitrogen and oxygen atoms in total. The van der Waals surface area contributed by atoms with Crippen molar-refractivity contribution in [3.63, 3.8) is 0 Å². The van der Waals surface area contributed by atoms with Gasteiger partial charge in [-0.1, -0.05) is 48.5 Å². The fraction of sp³-hybridized carbons (Fsp3) is 0.269. The summed E-state index contributed by atoms with van der Waals surface area (Å²) in [5.74, 6) is 1.34. The third-order valence-electron chi connectivity index (χ3n) is 6.33. The zero-order valence-corrected chi connectivity index (χ0v) is 16.7. The van der Waals surface area contributed by atoms with Gasteiger partial charge in [0.1, 0.15) is 6.04 Å². The summed E-state index contributed by atoms with van der Waals surface area (Å²) in [6.45, 7) is 2.22. The number of benzene rings is 3. The molecule has 2 heteroatoms. The molecular formula is C26H27N2+. The molecule has 0 radical (unpaired) electrons. The summed E-state index contributed by atoms with van der Waals surface area (Å²) in [6.07, 6.45) is 5.24. The molecule has 1 aliphatic carbocycles. The third kappa shape index (κ3) is 2.75. The van der Waals surface area contributed by atoms with Crippen molar-refractivity contribution in [1.82, 2.24) is 4.57 Å². The monoisotopic (exact) mass is 367 g/mol. The Morgan fingerprint density at radius 1 is 0.821 bits per heavy atom. The molecule has 5 rings (SSSR count). The summed E-state index contributed by atoms with van der Waals surface area (Å²) in [5.41, 5.74) is 7.90. The van der Waals surface area contributed by atoms with E-state index in [1.165, 1.54) is 64.8 Å². The van der Waals surface area contributed by atoms with Crippen LogP contribution in [0.3, 0.4) is 0 Å². The second kappa shape index (κ2) is 6.94. The molecule has 1 aliphatic rings. The molecule has 0 amide bonds. The Kier molecular flexibility index (Phi) is 4.27. The van der Waals surface area contributed by atoms with Gasteiger partial charge in [0, 0.05) is 0 Å². The minimum atomic E-state index is 0.598. The summed E-state index contributed by atoms with van der Waals surface area (Å²) in [6, 6.07) is 27.0. The first-order chi connectivity index (χ1) is 13.7. The topological polar surface area (TPSA) is 8.81 Å². The van der Waals surface area contributed by atoms with Crippen LogP contribution in [0, 0.1) is 6.92 Å². The first-order valence-electron chi connectivity index (χ1n) is 10.4. The van der Waals surface area contributed by atoms with E-state index in [4.69, 9.17) is 0 Å². The van der Waals surface area contributed by atoms with Gasteiger partial charge in [-0.15, -0.1) is 0 Å². The van der Waals surface area contributed by atoms with Gasteiger partial charge in [-0.3, -0.25) is 0 Å². The Balaban J connectivity index is 1.79. The molecule has 1 fully saturated rings. The van der Waals surface area contributed by atoms with Crippen LogP contribution in [0.2, 0.25) is 0 Å². The van der Waals surface area contributed by atoms with E-state index >= 15 is 0 Å². The highest BCUT2D eigenvalue weighted by Crippen LogP contribution is 2.37. The normalized spacial score (nSPS) is 14.8. The van der Waals surface area contributed by atoms with Crippen LogP contribution in [0.1, 0.15) is 37.3 Å². The summed E-state index contributed by atoms with van der Waals surface area (Å²) in [7, 11) is 2.23. The van der Waals surface area contributed by atoms with Crippen molar-refractivity contribution in [2.24, 2.45) is 7.05 Å². The molecule has 0 N–H and O–H groups in total. The predicted octanol–water partition coefficient (Wildman–Crippen LogP) is 6.22. The number of fused-ring (bicyclic) bond motifs is 1. The summed E-state index contributed by atoms with van der Waals surface area (Å²) in [5, 5.41) is 0. The van der Waals surface area contributed by atoms with E-state index in [9.17, 15) is 0 Å². The van der Waals surface area contributed by atoms with Crippen molar-refractivity contribution >= 4 is 11.0 Å². The summed E-state index contributed by atoms with van der Waals surface area (Å²) < 4.78 is 5.03. The molecule has 140 valence electrons. The largest absolute Gasteiger partial charge is 0.290 e. The minimum Gasteiger partial charge on any atom is -0.226 e. The lowest BCUT2D eigenvalue weighted by atomic mass is 10.1. The first kappa shape index (κ1) is 17.2. The number of rotatable bonds is 3. The zero-order chi connectivity index (χ0) is 19.1. The standard InChI is InChI=1S/C26H27N2/c1-19-10-6-9-15-23(19)26-27(2)25-18-21(20-11-4-3-5-12-20)16-17-24(25)28(26)22-13-7-8-14-22/h3-6,9-12,15-18,22H,7-8,13-14H2,1-2H3/q+1. The highest BCUT2D eigenvalue weighted by Gasteiger charge is 2.32. The lowest BCUT2D eigenvalue weighted by molar-refractivity contribution is -0.634. The Morgan fingerprint density at radius 2 is 1.54 bits per heavy atom. The lowest BCUT2D eigenvalue weighted by Crippen LogP contribution is -2.31. The predicted molar refractivity (Wildman–Crippen MR) is 116 cm³/mol. The maximum Gasteiger partial charge on any atom is 0.290 e. The Bertz CT molecular complexity index is 1130. The summed E-state index contributed by atoms with van der Waals surface area (Å²) in [4.78, 5) is 0. The molecule has 0 atom stereocenters. The molecule has 0 bridgehead atoms. The van der Waals surface area contributed by atoms with Crippen LogP contribution >= 0.6 is 0 Å². The van der Waals surface area contributed by atoms with Crippen LogP contribution in [0.5, 0.6) is 0 Å². The van der Waals surface area contributed by atoms with Gasteiger partial charge < -0.3 is 0 Å². The van der Waals surface area contributed by atoms with Gasteiger partial charge in [0.25, 0.3) is 5.82 Å². The number of aryl methyl sites for hydroxylation is 2. The average molecular weight is 368 g/mol. The van der Waals surface area contributed by atoms with Gasteiger partial charge in [-0.05, 0) is 73.6 Å². The van der Waals surface area contributed by atoms with E-state index in [0.717, 1.165) is 0 Å². The molecule has 0 saturated heterocycles. The molecule has 0 spiro atoms. The minimum absolute atomic E-state index is 0.598. The van der Waals surface area contributed by atoms with Crippen LogP contribution in [0.15, 0.2) is 72.8 Å². The van der Waals surface area contributed by atoms with Gasteiger partial charge in [0.2, 0.25) is 0 Å².